The highest BCUT2D eigenvalue weighted by molar-refractivity contribution is 7.87. The van der Waals surface area contributed by atoms with Gasteiger partial charge in [-0.25, -0.2) is 17.6 Å². The Balaban J connectivity index is 1.60. The summed E-state index contributed by atoms with van der Waals surface area (Å²) in [5.41, 5.74) is 1.17. The zero-order valence-electron chi connectivity index (χ0n) is 21.1. The van der Waals surface area contributed by atoms with Crippen molar-refractivity contribution in [1.29, 1.82) is 0 Å². The molecule has 0 amide bonds. The summed E-state index contributed by atoms with van der Waals surface area (Å²) in [6, 6.07) is 11.1. The van der Waals surface area contributed by atoms with Gasteiger partial charge in [0.25, 0.3) is 5.56 Å². The zero-order chi connectivity index (χ0) is 30.5. The van der Waals surface area contributed by atoms with E-state index >= 15 is 0 Å². The first-order valence-electron chi connectivity index (χ1n) is 11.8. The van der Waals surface area contributed by atoms with Gasteiger partial charge >= 0.3 is 10.1 Å². The van der Waals surface area contributed by atoms with Crippen LogP contribution in [0.15, 0.2) is 76.1 Å². The van der Waals surface area contributed by atoms with Crippen LogP contribution in [0, 0.1) is 34.9 Å². The second-order valence-corrected chi connectivity index (χ2v) is 11.0. The minimum Gasteiger partial charge on any atom is -0.495 e. The first-order valence-corrected chi connectivity index (χ1v) is 13.7. The number of allylic oxidation sites excluding steroid dienone is 3. The number of methoxy groups -OCH3 is 1. The summed E-state index contributed by atoms with van der Waals surface area (Å²) in [4.78, 5) is 12.3. The first kappa shape index (κ1) is 29.3. The van der Waals surface area contributed by atoms with Gasteiger partial charge in [0.15, 0.2) is 0 Å². The molecule has 218 valence electrons. The molecule has 0 bridgehead atoms. The second-order valence-electron chi connectivity index (χ2n) is 8.96. The van der Waals surface area contributed by atoms with Crippen LogP contribution in [-0.4, -0.2) is 25.5 Å². The van der Waals surface area contributed by atoms with Crippen LogP contribution in [0.3, 0.4) is 0 Å². The van der Waals surface area contributed by atoms with Gasteiger partial charge in [0.2, 0.25) is 34.8 Å². The molecule has 3 aromatic carbocycles. The van der Waals surface area contributed by atoms with Crippen molar-refractivity contribution in [2.45, 2.75) is 16.7 Å². The van der Waals surface area contributed by atoms with Crippen molar-refractivity contribution in [3.05, 3.63) is 117 Å². The van der Waals surface area contributed by atoms with E-state index in [2.05, 4.69) is 4.18 Å². The molecule has 0 saturated carbocycles. The summed E-state index contributed by atoms with van der Waals surface area (Å²) in [7, 11) is -3.77. The highest BCUT2D eigenvalue weighted by Crippen LogP contribution is 2.38. The summed E-state index contributed by atoms with van der Waals surface area (Å²) in [5.74, 6) is -14.4. The second kappa shape index (κ2) is 10.9. The first-order chi connectivity index (χ1) is 19.8. The van der Waals surface area contributed by atoms with Gasteiger partial charge in [-0.05, 0) is 53.6 Å². The molecular formula is C28H16ClF6NO5S. The third kappa shape index (κ3) is 5.02. The van der Waals surface area contributed by atoms with E-state index in [0.29, 0.717) is 16.8 Å². The molecule has 1 aliphatic carbocycles. The van der Waals surface area contributed by atoms with Crippen molar-refractivity contribution in [2.75, 3.05) is 7.11 Å². The monoisotopic (exact) mass is 627 g/mol. The van der Waals surface area contributed by atoms with E-state index in [-0.39, 0.29) is 23.1 Å². The molecule has 6 nitrogen and oxygen atoms in total. The molecule has 0 fully saturated rings. The van der Waals surface area contributed by atoms with E-state index in [9.17, 15) is 39.6 Å². The summed E-state index contributed by atoms with van der Waals surface area (Å²) in [5, 5.41) is -0.556. The Morgan fingerprint density at radius 2 is 1.48 bits per heavy atom. The van der Waals surface area contributed by atoms with Crippen LogP contribution in [0.2, 0.25) is 0 Å². The number of benzene rings is 3. The molecule has 5 rings (SSSR count). The van der Waals surface area contributed by atoms with Crippen molar-refractivity contribution >= 4 is 43.9 Å². The number of aromatic nitrogens is 1. The maximum atomic E-state index is 14.1. The van der Waals surface area contributed by atoms with Crippen LogP contribution in [0.1, 0.15) is 12.0 Å². The molecule has 0 saturated heterocycles. The molecule has 1 heterocycles. The number of ether oxygens (including phenoxy) is 1. The number of alkyl halides is 1. The smallest absolute Gasteiger partial charge is 0.339 e. The molecule has 0 N–H and O–H groups in total. The van der Waals surface area contributed by atoms with Crippen LogP contribution in [0.25, 0.3) is 22.2 Å². The minimum absolute atomic E-state index is 0.0658. The van der Waals surface area contributed by atoms with Crippen molar-refractivity contribution in [2.24, 2.45) is 0 Å². The number of fused-ring (bicyclic) bond motifs is 1. The Kier molecular flexibility index (Phi) is 7.58. The fraction of sp³-hybridized carbons (Fsp3) is 0.107. The van der Waals surface area contributed by atoms with Gasteiger partial charge in [-0.15, -0.1) is 11.6 Å². The van der Waals surface area contributed by atoms with Crippen LogP contribution in [0.5, 0.6) is 5.75 Å². The van der Waals surface area contributed by atoms with Gasteiger partial charge in [0, 0.05) is 17.9 Å². The van der Waals surface area contributed by atoms with Crippen LogP contribution in [-0.2, 0) is 14.9 Å². The van der Waals surface area contributed by atoms with Crippen LogP contribution >= 0.6 is 11.6 Å². The van der Waals surface area contributed by atoms with E-state index in [4.69, 9.17) is 16.3 Å². The van der Waals surface area contributed by atoms with Crippen molar-refractivity contribution < 1.29 is 43.7 Å². The predicted octanol–water partition coefficient (Wildman–Crippen LogP) is 6.51. The average molecular weight is 628 g/mol. The molecule has 1 atom stereocenters. The fourth-order valence-corrected chi connectivity index (χ4v) is 5.76. The molecule has 42 heavy (non-hydrogen) atoms. The van der Waals surface area contributed by atoms with Crippen LogP contribution < -0.4 is 9.74 Å². The highest BCUT2D eigenvalue weighted by atomic mass is 35.5. The number of hydrogen-bond donors (Lipinski definition) is 0. The van der Waals surface area contributed by atoms with E-state index in [1.807, 2.05) is 0 Å². The molecule has 4 aromatic rings. The van der Waals surface area contributed by atoms with Crippen LogP contribution in [0.4, 0.5) is 26.3 Å². The maximum absolute atomic E-state index is 14.1. The standard InChI is InChI=1S/C28H16ClF6NO5S/c1-40-21-11-17(13-2-5-15(30)6-3-13)18(29)12-20(21)36-19-8-7-16(10-14(19)4-9-22(36)37)42(38,39)41-28-26(34)24(32)23(31)25(33)27(28)35/h2-11,18H,12H2,1H3/t18-/m1/s1. The molecule has 1 aliphatic rings. The largest absolute Gasteiger partial charge is 0.495 e. The maximum Gasteiger partial charge on any atom is 0.339 e. The van der Waals surface area contributed by atoms with Gasteiger partial charge in [-0.3, -0.25) is 9.36 Å². The van der Waals surface area contributed by atoms with Gasteiger partial charge in [-0.1, -0.05) is 12.1 Å². The Bertz CT molecular complexity index is 1960. The van der Waals surface area contributed by atoms with Crippen molar-refractivity contribution in [1.82, 2.24) is 4.57 Å². The molecular weight excluding hydrogens is 612 g/mol. The van der Waals surface area contributed by atoms with Crippen molar-refractivity contribution in [3.63, 3.8) is 0 Å². The molecule has 14 heteroatoms. The SMILES string of the molecule is COC1=C(n2c(=O)ccc3cc(S(=O)(=O)Oc4c(F)c(F)c(F)c(F)c4F)ccc32)C[C@@H](Cl)C(c2ccc(F)cc2)=C1. The lowest BCUT2D eigenvalue weighted by atomic mass is 9.94. The third-order valence-electron chi connectivity index (χ3n) is 6.47. The van der Waals surface area contributed by atoms with Crippen molar-refractivity contribution in [3.8, 4) is 5.75 Å². The van der Waals surface area contributed by atoms with Gasteiger partial charge in [0.05, 0.1) is 23.7 Å². The van der Waals surface area contributed by atoms with E-state index in [1.165, 1.54) is 48.1 Å². The number of pyridine rings is 1. The Labute approximate surface area is 238 Å². The topological polar surface area (TPSA) is 74.6 Å². The lowest BCUT2D eigenvalue weighted by Gasteiger charge is -2.25. The summed E-state index contributed by atoms with van der Waals surface area (Å²) >= 11 is 6.65. The Morgan fingerprint density at radius 3 is 2.10 bits per heavy atom. The van der Waals surface area contributed by atoms with E-state index in [0.717, 1.165) is 18.2 Å². The zero-order valence-corrected chi connectivity index (χ0v) is 22.7. The van der Waals surface area contributed by atoms with Gasteiger partial charge < -0.3 is 8.92 Å². The number of hydrogen-bond acceptors (Lipinski definition) is 5. The fourth-order valence-electron chi connectivity index (χ4n) is 4.45. The number of rotatable bonds is 6. The number of halogens is 7. The molecule has 0 aliphatic heterocycles. The van der Waals surface area contributed by atoms with E-state index in [1.54, 1.807) is 6.08 Å². The normalized spacial score (nSPS) is 15.6. The number of nitrogens with zero attached hydrogens (tertiary/aromatic N) is 1. The van der Waals surface area contributed by atoms with Gasteiger partial charge in [0.1, 0.15) is 16.5 Å². The predicted molar refractivity (Wildman–Crippen MR) is 141 cm³/mol. The third-order valence-corrected chi connectivity index (χ3v) is 8.07. The quantitative estimate of drug-likeness (QED) is 0.0801. The van der Waals surface area contributed by atoms with E-state index < -0.39 is 66.6 Å². The average Bonchev–Trinajstić information content (AvgIpc) is 2.97. The molecule has 0 spiro atoms. The molecule has 0 radical (unpaired) electrons. The highest BCUT2D eigenvalue weighted by Gasteiger charge is 2.31. The Hall–Kier alpha value is -4.23. The lowest BCUT2D eigenvalue weighted by molar-refractivity contribution is 0.305. The van der Waals surface area contributed by atoms with Gasteiger partial charge in [-0.2, -0.15) is 17.2 Å². The minimum atomic E-state index is -5.13. The summed E-state index contributed by atoms with van der Waals surface area (Å²) in [6.07, 6.45) is 1.65. The summed E-state index contributed by atoms with van der Waals surface area (Å²) in [6.45, 7) is 0. The molecule has 0 unspecified atom stereocenters. The molecule has 1 aromatic heterocycles. The summed E-state index contributed by atoms with van der Waals surface area (Å²) < 4.78 is 119. The lowest BCUT2D eigenvalue weighted by Crippen LogP contribution is -2.24. The Morgan fingerprint density at radius 1 is 0.857 bits per heavy atom.